The molecule has 3 rings (SSSR count). The van der Waals surface area contributed by atoms with Gasteiger partial charge in [0.05, 0.1) is 15.1 Å². The smallest absolute Gasteiger partial charge is 0.257 e. The molecule has 0 bridgehead atoms. The minimum atomic E-state index is -3.55. The Hall–Kier alpha value is -1.56. The fraction of sp³-hybridized carbons (Fsp3) is 0.300. The first-order chi connectivity index (χ1) is 13.8. The Morgan fingerprint density at radius 2 is 1.76 bits per heavy atom. The number of benzene rings is 2. The fourth-order valence-electron chi connectivity index (χ4n) is 2.89. The molecule has 1 aromatic heterocycles. The van der Waals surface area contributed by atoms with E-state index in [1.165, 1.54) is 15.6 Å². The zero-order chi connectivity index (χ0) is 21.0. The number of thiazole rings is 1. The number of aromatic nitrogens is 1. The molecule has 6 nitrogen and oxygen atoms in total. The van der Waals surface area contributed by atoms with Crippen molar-refractivity contribution in [3.8, 4) is 0 Å². The van der Waals surface area contributed by atoms with Gasteiger partial charge in [-0.15, -0.1) is 0 Å². The van der Waals surface area contributed by atoms with Crippen molar-refractivity contribution in [3.05, 3.63) is 51.6 Å². The minimum Gasteiger partial charge on any atom is -0.298 e. The highest BCUT2D eigenvalue weighted by Gasteiger charge is 2.24. The SMILES string of the molecule is CCCN(CCC)S(=O)(=O)c1ccc2nc(NC(=O)c3ccc(I)cc3)sc2c1. The van der Waals surface area contributed by atoms with Crippen LogP contribution < -0.4 is 5.32 Å². The molecule has 0 spiro atoms. The molecular formula is C20H22IN3O3S2. The lowest BCUT2D eigenvalue weighted by Crippen LogP contribution is -2.32. The van der Waals surface area contributed by atoms with Crippen LogP contribution in [0, 0.1) is 3.57 Å². The molecule has 3 aromatic rings. The van der Waals surface area contributed by atoms with Crippen LogP contribution in [-0.2, 0) is 10.0 Å². The monoisotopic (exact) mass is 543 g/mol. The lowest BCUT2D eigenvalue weighted by molar-refractivity contribution is 0.102. The molecule has 0 fully saturated rings. The van der Waals surface area contributed by atoms with E-state index in [-0.39, 0.29) is 10.8 Å². The van der Waals surface area contributed by atoms with E-state index in [9.17, 15) is 13.2 Å². The average molecular weight is 543 g/mol. The number of halogens is 1. The number of nitrogens with zero attached hydrogens (tertiary/aromatic N) is 2. The molecule has 1 heterocycles. The maximum Gasteiger partial charge on any atom is 0.257 e. The fourth-order valence-corrected chi connectivity index (χ4v) is 5.87. The zero-order valence-corrected chi connectivity index (χ0v) is 20.0. The summed E-state index contributed by atoms with van der Waals surface area (Å²) in [4.78, 5) is 17.1. The van der Waals surface area contributed by atoms with Crippen molar-refractivity contribution in [2.45, 2.75) is 31.6 Å². The van der Waals surface area contributed by atoms with Gasteiger partial charge in [0.2, 0.25) is 10.0 Å². The number of hydrogen-bond acceptors (Lipinski definition) is 5. The van der Waals surface area contributed by atoms with Crippen molar-refractivity contribution >= 4 is 65.2 Å². The molecule has 0 aliphatic rings. The minimum absolute atomic E-state index is 0.245. The summed E-state index contributed by atoms with van der Waals surface area (Å²) in [7, 11) is -3.55. The lowest BCUT2D eigenvalue weighted by Gasteiger charge is -2.20. The van der Waals surface area contributed by atoms with Crippen molar-refractivity contribution < 1.29 is 13.2 Å². The third kappa shape index (κ3) is 5.14. The van der Waals surface area contributed by atoms with Crippen molar-refractivity contribution in [3.63, 3.8) is 0 Å². The average Bonchev–Trinajstić information content (AvgIpc) is 3.09. The van der Waals surface area contributed by atoms with Crippen LogP contribution in [0.2, 0.25) is 0 Å². The Morgan fingerprint density at radius 1 is 1.10 bits per heavy atom. The van der Waals surface area contributed by atoms with Gasteiger partial charge < -0.3 is 0 Å². The highest BCUT2D eigenvalue weighted by Crippen LogP contribution is 2.29. The van der Waals surface area contributed by atoms with Crippen LogP contribution >= 0.6 is 33.9 Å². The Bertz CT molecular complexity index is 1110. The highest BCUT2D eigenvalue weighted by molar-refractivity contribution is 14.1. The van der Waals surface area contributed by atoms with E-state index in [2.05, 4.69) is 32.9 Å². The van der Waals surface area contributed by atoms with Gasteiger partial charge in [0.1, 0.15) is 0 Å². The molecule has 9 heteroatoms. The molecule has 0 unspecified atom stereocenters. The van der Waals surface area contributed by atoms with Gasteiger partial charge in [-0.25, -0.2) is 13.4 Å². The second kappa shape index (κ2) is 9.50. The topological polar surface area (TPSA) is 79.4 Å². The van der Waals surface area contributed by atoms with Crippen LogP contribution in [-0.4, -0.2) is 36.7 Å². The second-order valence-corrected chi connectivity index (χ2v) is 10.7. The van der Waals surface area contributed by atoms with Gasteiger partial charge in [-0.3, -0.25) is 10.1 Å². The van der Waals surface area contributed by atoms with Crippen molar-refractivity contribution in [2.24, 2.45) is 0 Å². The van der Waals surface area contributed by atoms with Crippen LogP contribution in [0.1, 0.15) is 37.0 Å². The van der Waals surface area contributed by atoms with E-state index in [0.29, 0.717) is 29.3 Å². The summed E-state index contributed by atoms with van der Waals surface area (Å²) >= 11 is 3.45. The molecule has 0 aliphatic heterocycles. The molecule has 0 atom stereocenters. The van der Waals surface area contributed by atoms with E-state index in [1.807, 2.05) is 26.0 Å². The number of fused-ring (bicyclic) bond motifs is 1. The van der Waals surface area contributed by atoms with Gasteiger partial charge in [-0.2, -0.15) is 4.31 Å². The summed E-state index contributed by atoms with van der Waals surface area (Å²) in [5.74, 6) is -0.245. The second-order valence-electron chi connectivity index (χ2n) is 6.51. The number of anilines is 1. The normalized spacial score (nSPS) is 11.9. The number of sulfonamides is 1. The summed E-state index contributed by atoms with van der Waals surface area (Å²) in [5.41, 5.74) is 1.20. The van der Waals surface area contributed by atoms with Crippen molar-refractivity contribution in [1.29, 1.82) is 0 Å². The van der Waals surface area contributed by atoms with Gasteiger partial charge in [0, 0.05) is 22.2 Å². The quantitative estimate of drug-likeness (QED) is 0.408. The molecule has 0 saturated carbocycles. The number of hydrogen-bond donors (Lipinski definition) is 1. The molecule has 154 valence electrons. The third-order valence-corrected chi connectivity index (χ3v) is 7.82. The van der Waals surface area contributed by atoms with E-state index in [1.54, 1.807) is 30.3 Å². The first-order valence-electron chi connectivity index (χ1n) is 9.32. The molecule has 2 aromatic carbocycles. The molecule has 1 amide bonds. The maximum atomic E-state index is 13.0. The van der Waals surface area contributed by atoms with Gasteiger partial charge in [-0.1, -0.05) is 25.2 Å². The summed E-state index contributed by atoms with van der Waals surface area (Å²) in [5, 5.41) is 3.24. The number of amides is 1. The van der Waals surface area contributed by atoms with Crippen LogP contribution in [0.5, 0.6) is 0 Å². The van der Waals surface area contributed by atoms with Crippen LogP contribution in [0.25, 0.3) is 10.2 Å². The predicted octanol–water partition coefficient (Wildman–Crippen LogP) is 4.96. The molecule has 1 N–H and O–H groups in total. The maximum absolute atomic E-state index is 13.0. The Kier molecular flexibility index (Phi) is 7.25. The molecular weight excluding hydrogens is 521 g/mol. The van der Waals surface area contributed by atoms with E-state index in [4.69, 9.17) is 0 Å². The van der Waals surface area contributed by atoms with Gasteiger partial charge >= 0.3 is 0 Å². The number of rotatable bonds is 8. The van der Waals surface area contributed by atoms with E-state index >= 15 is 0 Å². The summed E-state index contributed by atoms with van der Waals surface area (Å²) in [6, 6.07) is 12.2. The van der Waals surface area contributed by atoms with Gasteiger partial charge in [0.15, 0.2) is 5.13 Å². The third-order valence-electron chi connectivity index (χ3n) is 4.27. The van der Waals surface area contributed by atoms with E-state index < -0.39 is 10.0 Å². The molecule has 0 radical (unpaired) electrons. The number of carbonyl (C=O) groups is 1. The molecule has 29 heavy (non-hydrogen) atoms. The van der Waals surface area contributed by atoms with E-state index in [0.717, 1.165) is 21.1 Å². The number of carbonyl (C=O) groups excluding carboxylic acids is 1. The Balaban J connectivity index is 1.86. The first-order valence-corrected chi connectivity index (χ1v) is 12.7. The lowest BCUT2D eigenvalue weighted by atomic mass is 10.2. The molecule has 0 saturated heterocycles. The predicted molar refractivity (Wildman–Crippen MR) is 126 cm³/mol. The van der Waals surface area contributed by atoms with Gasteiger partial charge in [0.25, 0.3) is 5.91 Å². The Labute approximate surface area is 188 Å². The van der Waals surface area contributed by atoms with Crippen LogP contribution in [0.15, 0.2) is 47.4 Å². The first kappa shape index (κ1) is 22.1. The largest absolute Gasteiger partial charge is 0.298 e. The summed E-state index contributed by atoms with van der Waals surface area (Å²) < 4.78 is 29.3. The zero-order valence-electron chi connectivity index (χ0n) is 16.2. The highest BCUT2D eigenvalue weighted by atomic mass is 127. The standard InChI is InChI=1S/C20H22IN3O3S2/c1-3-11-24(12-4-2)29(26,27)16-9-10-17-18(13-16)28-20(22-17)23-19(25)14-5-7-15(21)8-6-14/h5-10,13H,3-4,11-12H2,1-2H3,(H,22,23,25). The van der Waals surface area contributed by atoms with Crippen molar-refractivity contribution in [1.82, 2.24) is 9.29 Å². The Morgan fingerprint density at radius 3 is 2.38 bits per heavy atom. The van der Waals surface area contributed by atoms with Crippen LogP contribution in [0.4, 0.5) is 5.13 Å². The van der Waals surface area contributed by atoms with Crippen LogP contribution in [0.3, 0.4) is 0 Å². The summed E-state index contributed by atoms with van der Waals surface area (Å²) in [6.07, 6.45) is 1.52. The summed E-state index contributed by atoms with van der Waals surface area (Å²) in [6.45, 7) is 4.92. The van der Waals surface area contributed by atoms with Crippen molar-refractivity contribution in [2.75, 3.05) is 18.4 Å². The van der Waals surface area contributed by atoms with Gasteiger partial charge in [-0.05, 0) is 77.9 Å². The molecule has 0 aliphatic carbocycles. The number of nitrogens with one attached hydrogen (secondary N) is 1.